The number of nitrogens with zero attached hydrogens (tertiary/aromatic N) is 1. The summed E-state index contributed by atoms with van der Waals surface area (Å²) in [7, 11) is 1.26. The average Bonchev–Trinajstić information content (AvgIpc) is 3.78. The molecule has 7 atom stereocenters. The number of esters is 1. The van der Waals surface area contributed by atoms with Gasteiger partial charge in [0.25, 0.3) is 7.82 Å². The Hall–Kier alpha value is -1.40. The number of carbonyl (C=O) groups is 1. The van der Waals surface area contributed by atoms with E-state index in [-0.39, 0.29) is 50.3 Å². The number of aliphatic hydroxyl groups excluding tert-OH is 1. The van der Waals surface area contributed by atoms with Crippen LogP contribution in [0.1, 0.15) is 162 Å². The molecule has 1 N–H and O–H groups in total. The van der Waals surface area contributed by atoms with Crippen molar-refractivity contribution in [2.24, 2.45) is 11.8 Å². The summed E-state index contributed by atoms with van der Waals surface area (Å²) in [6.45, 7) is 5.05. The second kappa shape index (κ2) is 32.3. The Kier molecular flexibility index (Phi) is 29.4. The van der Waals surface area contributed by atoms with Crippen LogP contribution in [0.25, 0.3) is 0 Å². The van der Waals surface area contributed by atoms with Crippen molar-refractivity contribution >= 4 is 13.8 Å². The number of phosphoric ester groups is 1. The van der Waals surface area contributed by atoms with Gasteiger partial charge in [0.05, 0.1) is 46.6 Å². The van der Waals surface area contributed by atoms with E-state index in [0.29, 0.717) is 36.9 Å². The fourth-order valence-corrected chi connectivity index (χ4v) is 8.18. The number of rotatable bonds is 38. The molecule has 0 aromatic carbocycles. The number of unbranched alkanes of at least 4 members (excludes halogenated alkanes) is 16. The Morgan fingerprint density at radius 2 is 1.41 bits per heavy atom. The van der Waals surface area contributed by atoms with Crippen LogP contribution in [-0.4, -0.2) is 94.1 Å². The number of phosphoric acid groups is 1. The molecule has 2 fully saturated rings. The van der Waals surface area contributed by atoms with E-state index in [2.05, 4.69) is 38.2 Å². The lowest BCUT2D eigenvalue weighted by molar-refractivity contribution is -0.870. The predicted molar refractivity (Wildman–Crippen MR) is 231 cm³/mol. The number of quaternary nitrogens is 1. The summed E-state index contributed by atoms with van der Waals surface area (Å²) in [5.41, 5.74) is 0. The zero-order valence-electron chi connectivity index (χ0n) is 37.2. The molecule has 0 aromatic heterocycles. The molecule has 2 rings (SSSR count). The zero-order chi connectivity index (χ0) is 42.3. The van der Waals surface area contributed by atoms with Gasteiger partial charge in [0.1, 0.15) is 25.4 Å². The molecule has 1 saturated heterocycles. The van der Waals surface area contributed by atoms with Crippen molar-refractivity contribution in [1.29, 1.82) is 0 Å². The molecule has 1 aliphatic carbocycles. The topological polar surface area (TPSA) is 133 Å². The van der Waals surface area contributed by atoms with Gasteiger partial charge >= 0.3 is 5.97 Å². The zero-order valence-corrected chi connectivity index (χ0v) is 38.1. The molecule has 7 unspecified atom stereocenters. The summed E-state index contributed by atoms with van der Waals surface area (Å²) >= 11 is 0. The smallest absolute Gasteiger partial charge is 0.306 e. The second-order valence-corrected chi connectivity index (χ2v) is 18.9. The summed E-state index contributed by atoms with van der Waals surface area (Å²) in [6, 6.07) is 0. The van der Waals surface area contributed by atoms with Crippen molar-refractivity contribution in [3.63, 3.8) is 0 Å². The van der Waals surface area contributed by atoms with E-state index in [9.17, 15) is 19.4 Å². The van der Waals surface area contributed by atoms with E-state index in [1.165, 1.54) is 89.9 Å². The van der Waals surface area contributed by atoms with E-state index in [0.717, 1.165) is 32.1 Å². The van der Waals surface area contributed by atoms with Gasteiger partial charge in [-0.05, 0) is 38.5 Å². The molecular weight excluding hydrogens is 757 g/mol. The highest BCUT2D eigenvalue weighted by molar-refractivity contribution is 7.45. The number of allylic oxidation sites excluding steroid dienone is 3. The SMILES string of the molecule is CC/C=C\CC(O)/C=C/C1C2CC(OO2)C1C/C=C\CCCC(=O)OC(COCCCCCCCCCCCCCCCCCC)COP(=O)([O-])OCC[N+](C)(C)C. The Morgan fingerprint density at radius 1 is 0.793 bits per heavy atom. The normalized spacial score (nSPS) is 21.8. The minimum Gasteiger partial charge on any atom is -0.756 e. The predicted octanol–water partition coefficient (Wildman–Crippen LogP) is 10.1. The van der Waals surface area contributed by atoms with Crippen molar-refractivity contribution < 1.29 is 52.1 Å². The Labute approximate surface area is 353 Å². The summed E-state index contributed by atoms with van der Waals surface area (Å²) in [5.74, 6) is 0.0278. The van der Waals surface area contributed by atoms with Crippen molar-refractivity contribution in [1.82, 2.24) is 0 Å². The Bertz CT molecular complexity index is 1170. The minimum absolute atomic E-state index is 0.00177. The van der Waals surface area contributed by atoms with Crippen LogP contribution < -0.4 is 4.89 Å². The van der Waals surface area contributed by atoms with Gasteiger partial charge in [0.2, 0.25) is 0 Å². The lowest BCUT2D eigenvalue weighted by Gasteiger charge is -2.28. The third kappa shape index (κ3) is 26.7. The van der Waals surface area contributed by atoms with Gasteiger partial charge in [-0.3, -0.25) is 9.36 Å². The number of ether oxygens (including phenoxy) is 2. The molecule has 1 aliphatic heterocycles. The maximum atomic E-state index is 12.8. The van der Waals surface area contributed by atoms with Gasteiger partial charge in [-0.25, -0.2) is 9.78 Å². The quantitative estimate of drug-likeness (QED) is 0.0160. The molecule has 58 heavy (non-hydrogen) atoms. The molecule has 1 heterocycles. The highest BCUT2D eigenvalue weighted by Gasteiger charge is 2.49. The molecule has 12 heteroatoms. The van der Waals surface area contributed by atoms with E-state index < -0.39 is 26.0 Å². The van der Waals surface area contributed by atoms with Gasteiger partial charge in [-0.2, -0.15) is 0 Å². The van der Waals surface area contributed by atoms with Gasteiger partial charge in [-0.15, -0.1) is 0 Å². The highest BCUT2D eigenvalue weighted by Crippen LogP contribution is 2.45. The Balaban J connectivity index is 1.68. The molecule has 2 bridgehead atoms. The van der Waals surface area contributed by atoms with Crippen molar-refractivity contribution in [2.45, 2.75) is 186 Å². The number of aliphatic hydroxyl groups is 1. The first-order chi connectivity index (χ1) is 27.9. The molecule has 2 aliphatic rings. The molecule has 11 nitrogen and oxygen atoms in total. The monoisotopic (exact) mass is 842 g/mol. The van der Waals surface area contributed by atoms with E-state index in [1.807, 2.05) is 33.3 Å². The molecule has 0 aromatic rings. The largest absolute Gasteiger partial charge is 0.756 e. The molecule has 0 radical (unpaired) electrons. The number of hydrogen-bond acceptors (Lipinski definition) is 10. The standard InChI is InChI=1S/C46H84NO10P/c1-6-8-10-11-12-13-14-15-16-17-18-19-20-21-24-28-35-52-38-41(39-54-58(50,51)53-36-34-47(3,4)5)55-46(49)31-27-23-22-26-30-42-43(45-37-44(42)56-57-45)33-32-40(48)29-25-9-7-2/h9,22,25-26,32-33,40-45,48H,6-8,10-21,23-24,27-31,34-39H2,1-5H3/b25-9-,26-22-,33-32+. The number of likely N-dealkylation sites (N-methyl/N-ethyl adjacent to an activating group) is 1. The fraction of sp³-hybridized carbons (Fsp3) is 0.848. The maximum Gasteiger partial charge on any atom is 0.306 e. The first-order valence-electron chi connectivity index (χ1n) is 23.1. The third-order valence-electron chi connectivity index (χ3n) is 11.0. The second-order valence-electron chi connectivity index (χ2n) is 17.5. The van der Waals surface area contributed by atoms with Crippen LogP contribution in [0.2, 0.25) is 0 Å². The summed E-state index contributed by atoms with van der Waals surface area (Å²) < 4.78 is 34.7. The van der Waals surface area contributed by atoms with Crippen LogP contribution in [0, 0.1) is 11.8 Å². The first kappa shape index (κ1) is 52.7. The van der Waals surface area contributed by atoms with Crippen molar-refractivity contribution in [3.8, 4) is 0 Å². The molecule has 338 valence electrons. The summed E-state index contributed by atoms with van der Waals surface area (Å²) in [5, 5.41) is 10.3. The lowest BCUT2D eigenvalue weighted by atomic mass is 9.89. The highest BCUT2D eigenvalue weighted by atomic mass is 31.2. The Morgan fingerprint density at radius 3 is 2.03 bits per heavy atom. The van der Waals surface area contributed by atoms with Crippen LogP contribution in [0.15, 0.2) is 36.5 Å². The molecule has 0 amide bonds. The van der Waals surface area contributed by atoms with Crippen LogP contribution in [0.4, 0.5) is 0 Å². The number of carbonyl (C=O) groups excluding carboxylic acids is 1. The van der Waals surface area contributed by atoms with Gasteiger partial charge < -0.3 is 33.0 Å². The minimum atomic E-state index is -4.57. The van der Waals surface area contributed by atoms with Crippen LogP contribution >= 0.6 is 7.82 Å². The third-order valence-corrected chi connectivity index (χ3v) is 12.0. The number of fused-ring (bicyclic) bond motifs is 2. The van der Waals surface area contributed by atoms with E-state index in [1.54, 1.807) is 0 Å². The maximum absolute atomic E-state index is 12.8. The summed E-state index contributed by atoms with van der Waals surface area (Å²) in [4.78, 5) is 36.3. The van der Waals surface area contributed by atoms with Gasteiger partial charge in [0.15, 0.2) is 0 Å². The van der Waals surface area contributed by atoms with Crippen molar-refractivity contribution in [3.05, 3.63) is 36.5 Å². The molecule has 0 spiro atoms. The fourth-order valence-electron chi connectivity index (χ4n) is 7.46. The van der Waals surface area contributed by atoms with Crippen LogP contribution in [0.5, 0.6) is 0 Å². The first-order valence-corrected chi connectivity index (χ1v) is 24.6. The molecule has 1 saturated carbocycles. The van der Waals surface area contributed by atoms with E-state index in [4.69, 9.17) is 28.3 Å². The lowest BCUT2D eigenvalue weighted by Crippen LogP contribution is -2.37. The number of hydrogen-bond donors (Lipinski definition) is 1. The molecular formula is C46H84NO10P. The van der Waals surface area contributed by atoms with Crippen LogP contribution in [-0.2, 0) is 37.7 Å². The van der Waals surface area contributed by atoms with E-state index >= 15 is 0 Å². The van der Waals surface area contributed by atoms with Crippen LogP contribution in [0.3, 0.4) is 0 Å². The van der Waals surface area contributed by atoms with Crippen molar-refractivity contribution in [2.75, 3.05) is 54.1 Å². The van der Waals surface area contributed by atoms with Gasteiger partial charge in [0, 0.05) is 31.3 Å². The average molecular weight is 842 g/mol. The summed E-state index contributed by atoms with van der Waals surface area (Å²) in [6.07, 6.45) is 36.3. The van der Waals surface area contributed by atoms with Gasteiger partial charge in [-0.1, -0.05) is 147 Å².